The van der Waals surface area contributed by atoms with Crippen LogP contribution in [-0.4, -0.2) is 12.1 Å². The fourth-order valence-electron chi connectivity index (χ4n) is 2.26. The van der Waals surface area contributed by atoms with E-state index in [9.17, 15) is 0 Å². The molecular weight excluding hydrogens is 158 g/mol. The molecule has 1 saturated heterocycles. The summed E-state index contributed by atoms with van der Waals surface area (Å²) in [6, 6.07) is 1.70. The van der Waals surface area contributed by atoms with Crippen molar-refractivity contribution in [1.82, 2.24) is 5.32 Å². The zero-order chi connectivity index (χ0) is 9.52. The molecule has 1 heterocycles. The van der Waals surface area contributed by atoms with Crippen LogP contribution >= 0.6 is 0 Å². The quantitative estimate of drug-likeness (QED) is 0.664. The van der Waals surface area contributed by atoms with E-state index >= 15 is 0 Å². The van der Waals surface area contributed by atoms with Gasteiger partial charge in [0.05, 0.1) is 0 Å². The molecule has 0 radical (unpaired) electrons. The minimum Gasteiger partial charge on any atom is -0.311 e. The van der Waals surface area contributed by atoms with Gasteiger partial charge in [-0.25, -0.2) is 0 Å². The highest BCUT2D eigenvalue weighted by Gasteiger charge is 2.21. The minimum absolute atomic E-state index is 0.849. The van der Waals surface area contributed by atoms with Gasteiger partial charge in [-0.15, -0.1) is 0 Å². The molecule has 0 saturated carbocycles. The molecule has 0 aromatic heterocycles. The van der Waals surface area contributed by atoms with E-state index in [0.29, 0.717) is 0 Å². The van der Waals surface area contributed by atoms with Crippen molar-refractivity contribution in [2.45, 2.75) is 77.3 Å². The Kier molecular flexibility index (Phi) is 5.45. The molecule has 1 aliphatic rings. The summed E-state index contributed by atoms with van der Waals surface area (Å²) in [5.41, 5.74) is 0. The molecule has 0 bridgehead atoms. The standard InChI is InChI=1S/C12H25N/c1-3-5-7-11-9-10-12(13-11)8-6-4-2/h11-13H,3-10H2,1-2H3. The summed E-state index contributed by atoms with van der Waals surface area (Å²) >= 11 is 0. The molecule has 1 heteroatoms. The van der Waals surface area contributed by atoms with Crippen LogP contribution in [-0.2, 0) is 0 Å². The molecule has 13 heavy (non-hydrogen) atoms. The lowest BCUT2D eigenvalue weighted by atomic mass is 10.1. The van der Waals surface area contributed by atoms with Gasteiger partial charge >= 0.3 is 0 Å². The molecule has 1 nitrogen and oxygen atoms in total. The number of hydrogen-bond acceptors (Lipinski definition) is 1. The van der Waals surface area contributed by atoms with Gasteiger partial charge in [0.2, 0.25) is 0 Å². The van der Waals surface area contributed by atoms with Gasteiger partial charge < -0.3 is 5.32 Å². The Morgan fingerprint density at radius 1 is 0.923 bits per heavy atom. The van der Waals surface area contributed by atoms with E-state index in [1.165, 1.54) is 51.4 Å². The largest absolute Gasteiger partial charge is 0.311 e. The predicted molar refractivity (Wildman–Crippen MR) is 59.0 cm³/mol. The topological polar surface area (TPSA) is 12.0 Å². The van der Waals surface area contributed by atoms with Crippen LogP contribution in [0.4, 0.5) is 0 Å². The van der Waals surface area contributed by atoms with E-state index in [1.807, 2.05) is 0 Å². The normalized spacial score (nSPS) is 28.2. The maximum Gasteiger partial charge on any atom is 0.00702 e. The summed E-state index contributed by atoms with van der Waals surface area (Å²) in [7, 11) is 0. The van der Waals surface area contributed by atoms with Crippen molar-refractivity contribution >= 4 is 0 Å². The lowest BCUT2D eigenvalue weighted by molar-refractivity contribution is 0.469. The van der Waals surface area contributed by atoms with E-state index in [0.717, 1.165) is 12.1 Å². The third kappa shape index (κ3) is 4.12. The molecular formula is C12H25N. The first kappa shape index (κ1) is 11.0. The summed E-state index contributed by atoms with van der Waals surface area (Å²) in [6.07, 6.45) is 11.1. The van der Waals surface area contributed by atoms with Gasteiger partial charge in [0.1, 0.15) is 0 Å². The third-order valence-electron chi connectivity index (χ3n) is 3.15. The van der Waals surface area contributed by atoms with Crippen molar-refractivity contribution in [2.75, 3.05) is 0 Å². The fraction of sp³-hybridized carbons (Fsp3) is 1.00. The minimum atomic E-state index is 0.849. The molecule has 1 N–H and O–H groups in total. The fourth-order valence-corrected chi connectivity index (χ4v) is 2.26. The number of nitrogens with one attached hydrogen (secondary N) is 1. The van der Waals surface area contributed by atoms with E-state index < -0.39 is 0 Å². The molecule has 0 aromatic rings. The Hall–Kier alpha value is -0.0400. The third-order valence-corrected chi connectivity index (χ3v) is 3.15. The summed E-state index contributed by atoms with van der Waals surface area (Å²) in [5.74, 6) is 0. The zero-order valence-electron chi connectivity index (χ0n) is 9.31. The summed E-state index contributed by atoms with van der Waals surface area (Å²) in [5, 5.41) is 3.76. The Morgan fingerprint density at radius 3 is 1.77 bits per heavy atom. The van der Waals surface area contributed by atoms with Crippen LogP contribution in [0, 0.1) is 0 Å². The highest BCUT2D eigenvalue weighted by atomic mass is 15.0. The number of rotatable bonds is 6. The summed E-state index contributed by atoms with van der Waals surface area (Å²) in [6.45, 7) is 4.56. The highest BCUT2D eigenvalue weighted by molar-refractivity contribution is 4.82. The van der Waals surface area contributed by atoms with Crippen molar-refractivity contribution in [3.8, 4) is 0 Å². The monoisotopic (exact) mass is 183 g/mol. The first-order chi connectivity index (χ1) is 6.36. The van der Waals surface area contributed by atoms with Crippen LogP contribution in [0.5, 0.6) is 0 Å². The second-order valence-electron chi connectivity index (χ2n) is 4.42. The van der Waals surface area contributed by atoms with Gasteiger partial charge in [-0.05, 0) is 25.7 Å². The van der Waals surface area contributed by atoms with Crippen LogP contribution in [0.3, 0.4) is 0 Å². The molecule has 78 valence electrons. The zero-order valence-corrected chi connectivity index (χ0v) is 9.31. The van der Waals surface area contributed by atoms with Gasteiger partial charge in [-0.2, -0.15) is 0 Å². The number of unbranched alkanes of at least 4 members (excludes halogenated alkanes) is 2. The van der Waals surface area contributed by atoms with Crippen molar-refractivity contribution < 1.29 is 0 Å². The Balaban J connectivity index is 2.05. The van der Waals surface area contributed by atoms with Gasteiger partial charge in [0.25, 0.3) is 0 Å². The van der Waals surface area contributed by atoms with E-state index in [2.05, 4.69) is 19.2 Å². The second-order valence-corrected chi connectivity index (χ2v) is 4.42. The molecule has 1 aliphatic heterocycles. The van der Waals surface area contributed by atoms with Gasteiger partial charge in [0, 0.05) is 12.1 Å². The lowest BCUT2D eigenvalue weighted by Gasteiger charge is -2.13. The molecule has 1 rings (SSSR count). The van der Waals surface area contributed by atoms with Crippen molar-refractivity contribution in [1.29, 1.82) is 0 Å². The van der Waals surface area contributed by atoms with Gasteiger partial charge in [-0.3, -0.25) is 0 Å². The molecule has 0 amide bonds. The van der Waals surface area contributed by atoms with Crippen molar-refractivity contribution in [2.24, 2.45) is 0 Å². The molecule has 0 spiro atoms. The first-order valence-electron chi connectivity index (χ1n) is 6.12. The predicted octanol–water partition coefficient (Wildman–Crippen LogP) is 3.49. The summed E-state index contributed by atoms with van der Waals surface area (Å²) < 4.78 is 0. The SMILES string of the molecule is CCCCC1CCC(CCCC)N1. The Morgan fingerprint density at radius 2 is 1.38 bits per heavy atom. The summed E-state index contributed by atoms with van der Waals surface area (Å²) in [4.78, 5) is 0. The second kappa shape index (κ2) is 6.42. The van der Waals surface area contributed by atoms with Gasteiger partial charge in [0.15, 0.2) is 0 Å². The molecule has 0 aliphatic carbocycles. The average Bonchev–Trinajstić information content (AvgIpc) is 2.59. The highest BCUT2D eigenvalue weighted by Crippen LogP contribution is 2.20. The number of hydrogen-bond donors (Lipinski definition) is 1. The van der Waals surface area contributed by atoms with Crippen LogP contribution in [0.2, 0.25) is 0 Å². The molecule has 2 unspecified atom stereocenters. The van der Waals surface area contributed by atoms with Crippen LogP contribution in [0.1, 0.15) is 65.2 Å². The molecule has 2 atom stereocenters. The average molecular weight is 183 g/mol. The van der Waals surface area contributed by atoms with E-state index in [4.69, 9.17) is 0 Å². The Labute approximate surface area is 83.3 Å². The molecule has 1 fully saturated rings. The lowest BCUT2D eigenvalue weighted by Crippen LogP contribution is -2.29. The first-order valence-corrected chi connectivity index (χ1v) is 6.12. The van der Waals surface area contributed by atoms with Crippen LogP contribution < -0.4 is 5.32 Å². The Bertz CT molecular complexity index is 108. The van der Waals surface area contributed by atoms with E-state index in [1.54, 1.807) is 0 Å². The maximum atomic E-state index is 3.76. The van der Waals surface area contributed by atoms with Crippen LogP contribution in [0.25, 0.3) is 0 Å². The van der Waals surface area contributed by atoms with Crippen molar-refractivity contribution in [3.05, 3.63) is 0 Å². The maximum absolute atomic E-state index is 3.76. The van der Waals surface area contributed by atoms with Gasteiger partial charge in [-0.1, -0.05) is 39.5 Å². The van der Waals surface area contributed by atoms with Crippen LogP contribution in [0.15, 0.2) is 0 Å². The molecule has 0 aromatic carbocycles. The van der Waals surface area contributed by atoms with Crippen molar-refractivity contribution in [3.63, 3.8) is 0 Å². The van der Waals surface area contributed by atoms with E-state index in [-0.39, 0.29) is 0 Å². The smallest absolute Gasteiger partial charge is 0.00702 e.